The van der Waals surface area contributed by atoms with Crippen LogP contribution in [0.1, 0.15) is 35.6 Å². The van der Waals surface area contributed by atoms with Crippen molar-refractivity contribution in [2.45, 2.75) is 33.2 Å². The van der Waals surface area contributed by atoms with Crippen LogP contribution < -0.4 is 4.90 Å². The summed E-state index contributed by atoms with van der Waals surface area (Å²) in [5, 5.41) is 0. The number of anilines is 1. The average molecular weight is 398 g/mol. The van der Waals surface area contributed by atoms with Crippen LogP contribution in [0.2, 0.25) is 0 Å². The zero-order chi connectivity index (χ0) is 18.0. The Morgan fingerprint density at radius 3 is 2.68 bits per heavy atom. The number of para-hydroxylation sites is 1. The molecule has 2 aromatic carbocycles. The summed E-state index contributed by atoms with van der Waals surface area (Å²) in [5.41, 5.74) is 5.84. The molecule has 25 heavy (non-hydrogen) atoms. The van der Waals surface area contributed by atoms with E-state index < -0.39 is 0 Å². The molecule has 4 heteroatoms. The Kier molecular flexibility index (Phi) is 5.19. The molecule has 0 aromatic heterocycles. The van der Waals surface area contributed by atoms with E-state index in [0.29, 0.717) is 16.6 Å². The summed E-state index contributed by atoms with van der Waals surface area (Å²) in [7, 11) is 0. The van der Waals surface area contributed by atoms with E-state index in [4.69, 9.17) is 0 Å². The van der Waals surface area contributed by atoms with Crippen molar-refractivity contribution >= 4 is 38.3 Å². The number of hydrogen-bond donors (Lipinski definition) is 0. The molecule has 1 amide bonds. The highest BCUT2D eigenvalue weighted by Crippen LogP contribution is 2.37. The summed E-state index contributed by atoms with van der Waals surface area (Å²) >= 11 is 3.51. The Hall–Kier alpha value is -2.20. The first kappa shape index (κ1) is 17.6. The zero-order valence-electron chi connectivity index (χ0n) is 14.4. The standard InChI is InChI=1S/C21H20BrNO2/c1-3-16-10-15(9-8-14(16)2)12-23-19-7-5-4-6-18(19)21(22)17(13-24)11-20(23)25/h4-10,13H,3,11-12H2,1-2H3. The monoisotopic (exact) mass is 397 g/mol. The summed E-state index contributed by atoms with van der Waals surface area (Å²) in [6.07, 6.45) is 1.83. The quantitative estimate of drug-likeness (QED) is 0.694. The second-order valence-electron chi connectivity index (χ2n) is 6.25. The van der Waals surface area contributed by atoms with Gasteiger partial charge < -0.3 is 4.90 Å². The molecule has 3 nitrogen and oxygen atoms in total. The van der Waals surface area contributed by atoms with E-state index in [2.05, 4.69) is 48.0 Å². The highest BCUT2D eigenvalue weighted by Gasteiger charge is 2.26. The predicted octanol–water partition coefficient (Wildman–Crippen LogP) is 4.80. The molecule has 3 rings (SSSR count). The van der Waals surface area contributed by atoms with Crippen LogP contribution in [0, 0.1) is 6.92 Å². The van der Waals surface area contributed by atoms with Gasteiger partial charge in [-0.3, -0.25) is 9.59 Å². The van der Waals surface area contributed by atoms with Gasteiger partial charge >= 0.3 is 0 Å². The molecule has 1 aliphatic heterocycles. The number of aryl methyl sites for hydroxylation is 2. The first-order valence-electron chi connectivity index (χ1n) is 8.37. The third-order valence-corrected chi connectivity index (χ3v) is 5.57. The van der Waals surface area contributed by atoms with E-state index in [-0.39, 0.29) is 12.3 Å². The lowest BCUT2D eigenvalue weighted by atomic mass is 10.0. The van der Waals surface area contributed by atoms with Crippen LogP contribution in [0.25, 0.3) is 4.48 Å². The van der Waals surface area contributed by atoms with Crippen LogP contribution in [-0.2, 0) is 22.6 Å². The Morgan fingerprint density at radius 2 is 1.96 bits per heavy atom. The van der Waals surface area contributed by atoms with Gasteiger partial charge in [0.05, 0.1) is 18.7 Å². The van der Waals surface area contributed by atoms with Crippen molar-refractivity contribution in [3.8, 4) is 0 Å². The van der Waals surface area contributed by atoms with Crippen molar-refractivity contribution in [1.29, 1.82) is 0 Å². The van der Waals surface area contributed by atoms with Crippen LogP contribution >= 0.6 is 15.9 Å². The van der Waals surface area contributed by atoms with Crippen molar-refractivity contribution in [1.82, 2.24) is 0 Å². The SMILES string of the molecule is CCc1cc(CN2C(=O)CC(C=O)=C(Br)c3ccccc32)ccc1C. The number of amides is 1. The third kappa shape index (κ3) is 3.45. The molecule has 0 bridgehead atoms. The number of fused-ring (bicyclic) bond motifs is 1. The van der Waals surface area contributed by atoms with Gasteiger partial charge in [-0.2, -0.15) is 0 Å². The molecule has 1 aliphatic rings. The minimum atomic E-state index is -0.0670. The Labute approximate surface area is 156 Å². The molecule has 0 aliphatic carbocycles. The number of nitrogens with zero attached hydrogens (tertiary/aromatic N) is 1. The topological polar surface area (TPSA) is 37.4 Å². The van der Waals surface area contributed by atoms with Crippen molar-refractivity contribution < 1.29 is 9.59 Å². The summed E-state index contributed by atoms with van der Waals surface area (Å²) in [6, 6.07) is 14.0. The van der Waals surface area contributed by atoms with Gasteiger partial charge in [-0.25, -0.2) is 0 Å². The lowest BCUT2D eigenvalue weighted by Gasteiger charge is -2.24. The second kappa shape index (κ2) is 7.36. The number of hydrogen-bond acceptors (Lipinski definition) is 2. The third-order valence-electron chi connectivity index (χ3n) is 4.63. The molecule has 0 fully saturated rings. The van der Waals surface area contributed by atoms with Crippen molar-refractivity contribution in [3.05, 3.63) is 70.3 Å². The Bertz CT molecular complexity index is 870. The van der Waals surface area contributed by atoms with Gasteiger partial charge in [-0.1, -0.05) is 43.3 Å². The first-order valence-corrected chi connectivity index (χ1v) is 9.16. The molecular weight excluding hydrogens is 378 g/mol. The van der Waals surface area contributed by atoms with Crippen molar-refractivity contribution in [2.24, 2.45) is 0 Å². The van der Waals surface area contributed by atoms with Gasteiger partial charge in [0.1, 0.15) is 6.29 Å². The van der Waals surface area contributed by atoms with Crippen LogP contribution in [0.15, 0.2) is 48.0 Å². The van der Waals surface area contributed by atoms with Crippen LogP contribution in [0.4, 0.5) is 5.69 Å². The predicted molar refractivity (Wildman–Crippen MR) is 105 cm³/mol. The van der Waals surface area contributed by atoms with Crippen LogP contribution in [0.5, 0.6) is 0 Å². The molecule has 128 valence electrons. The summed E-state index contributed by atoms with van der Waals surface area (Å²) < 4.78 is 0.701. The van der Waals surface area contributed by atoms with Crippen molar-refractivity contribution in [3.63, 3.8) is 0 Å². The molecule has 0 radical (unpaired) electrons. The van der Waals surface area contributed by atoms with E-state index >= 15 is 0 Å². The summed E-state index contributed by atoms with van der Waals surface area (Å²) in [6.45, 7) is 4.73. The maximum absolute atomic E-state index is 12.8. The number of aldehydes is 1. The van der Waals surface area contributed by atoms with Gasteiger partial charge in [-0.15, -0.1) is 0 Å². The fourth-order valence-electron chi connectivity index (χ4n) is 3.19. The fraction of sp³-hybridized carbons (Fsp3) is 0.238. The van der Waals surface area contributed by atoms with Gasteiger partial charge in [0, 0.05) is 15.6 Å². The van der Waals surface area contributed by atoms with E-state index in [0.717, 1.165) is 29.5 Å². The van der Waals surface area contributed by atoms with Crippen LogP contribution in [0.3, 0.4) is 0 Å². The van der Waals surface area contributed by atoms with Gasteiger partial charge in [0.15, 0.2) is 0 Å². The molecule has 2 aromatic rings. The highest BCUT2D eigenvalue weighted by molar-refractivity contribution is 9.15. The minimum absolute atomic E-state index is 0.0670. The molecule has 0 saturated carbocycles. The minimum Gasteiger partial charge on any atom is -0.307 e. The molecule has 1 heterocycles. The van der Waals surface area contributed by atoms with Gasteiger partial charge in [0.2, 0.25) is 5.91 Å². The van der Waals surface area contributed by atoms with E-state index in [9.17, 15) is 9.59 Å². The Morgan fingerprint density at radius 1 is 1.20 bits per heavy atom. The lowest BCUT2D eigenvalue weighted by Crippen LogP contribution is -2.30. The fourth-order valence-corrected chi connectivity index (χ4v) is 3.76. The maximum atomic E-state index is 12.8. The summed E-state index contributed by atoms with van der Waals surface area (Å²) in [4.78, 5) is 26.0. The Balaban J connectivity index is 2.04. The maximum Gasteiger partial charge on any atom is 0.231 e. The number of carbonyl (C=O) groups excluding carboxylic acids is 2. The van der Waals surface area contributed by atoms with Gasteiger partial charge in [0.25, 0.3) is 0 Å². The van der Waals surface area contributed by atoms with Crippen molar-refractivity contribution in [2.75, 3.05) is 4.90 Å². The molecule has 0 N–H and O–H groups in total. The smallest absolute Gasteiger partial charge is 0.231 e. The van der Waals surface area contributed by atoms with E-state index in [1.54, 1.807) is 4.90 Å². The van der Waals surface area contributed by atoms with Gasteiger partial charge in [-0.05, 0) is 52.0 Å². The molecular formula is C21H20BrNO2. The van der Waals surface area contributed by atoms with Crippen LogP contribution in [-0.4, -0.2) is 12.2 Å². The molecule has 0 saturated heterocycles. The number of rotatable bonds is 4. The largest absolute Gasteiger partial charge is 0.307 e. The number of carbonyl (C=O) groups is 2. The average Bonchev–Trinajstić information content (AvgIpc) is 2.73. The molecule has 0 spiro atoms. The number of halogens is 1. The second-order valence-corrected chi connectivity index (χ2v) is 7.04. The highest BCUT2D eigenvalue weighted by atomic mass is 79.9. The lowest BCUT2D eigenvalue weighted by molar-refractivity contribution is -0.118. The normalized spacial score (nSPS) is 14.4. The first-order chi connectivity index (χ1) is 12.0. The molecule has 0 unspecified atom stereocenters. The van der Waals surface area contributed by atoms with E-state index in [1.165, 1.54) is 11.1 Å². The molecule has 0 atom stereocenters. The summed E-state index contributed by atoms with van der Waals surface area (Å²) in [5.74, 6) is -0.0670. The van der Waals surface area contributed by atoms with E-state index in [1.807, 2.05) is 24.3 Å². The number of benzene rings is 2. The zero-order valence-corrected chi connectivity index (χ0v) is 16.0.